The molecule has 1 aliphatic heterocycles. The Labute approximate surface area is 171 Å². The molecule has 1 heterocycles. The SMILES string of the molecule is CN(C)N1C(=O)CC(c2ccc(OCc3ccccc3)cc2)C2=C1CCCC2=O. The molecular weight excluding hydrogens is 364 g/mol. The van der Waals surface area contributed by atoms with Crippen LogP contribution in [-0.4, -0.2) is 35.8 Å². The first-order valence-corrected chi connectivity index (χ1v) is 10.1. The van der Waals surface area contributed by atoms with Gasteiger partial charge in [-0.25, -0.2) is 10.0 Å². The zero-order valence-electron chi connectivity index (χ0n) is 16.9. The van der Waals surface area contributed by atoms with Crippen molar-refractivity contribution in [3.05, 3.63) is 77.0 Å². The molecule has 0 saturated heterocycles. The molecule has 2 aliphatic rings. The summed E-state index contributed by atoms with van der Waals surface area (Å²) in [6.07, 6.45) is 2.43. The Morgan fingerprint density at radius 3 is 2.41 bits per heavy atom. The summed E-state index contributed by atoms with van der Waals surface area (Å²) in [5, 5.41) is 3.47. The maximum Gasteiger partial charge on any atom is 0.242 e. The molecule has 0 aromatic heterocycles. The normalized spacial score (nSPS) is 19.6. The van der Waals surface area contributed by atoms with Crippen molar-refractivity contribution in [1.29, 1.82) is 0 Å². The number of hydrogen-bond donors (Lipinski definition) is 0. The van der Waals surface area contributed by atoms with Gasteiger partial charge in [0, 0.05) is 44.1 Å². The summed E-state index contributed by atoms with van der Waals surface area (Å²) >= 11 is 0. The lowest BCUT2D eigenvalue weighted by Crippen LogP contribution is -2.47. The quantitative estimate of drug-likeness (QED) is 0.772. The van der Waals surface area contributed by atoms with Crippen LogP contribution in [0.3, 0.4) is 0 Å². The van der Waals surface area contributed by atoms with Gasteiger partial charge >= 0.3 is 0 Å². The van der Waals surface area contributed by atoms with Gasteiger partial charge in [-0.15, -0.1) is 0 Å². The molecule has 150 valence electrons. The van der Waals surface area contributed by atoms with E-state index in [1.807, 2.05) is 68.7 Å². The maximum absolute atomic E-state index is 12.8. The molecule has 29 heavy (non-hydrogen) atoms. The number of ketones is 1. The fourth-order valence-electron chi connectivity index (χ4n) is 4.26. The number of allylic oxidation sites excluding steroid dienone is 2. The first kappa shape index (κ1) is 19.4. The highest BCUT2D eigenvalue weighted by molar-refractivity contribution is 6.01. The molecular formula is C24H26N2O3. The van der Waals surface area contributed by atoms with Crippen LogP contribution < -0.4 is 4.74 Å². The topological polar surface area (TPSA) is 49.9 Å². The number of ether oxygens (including phenoxy) is 1. The minimum Gasteiger partial charge on any atom is -0.489 e. The molecule has 5 nitrogen and oxygen atoms in total. The summed E-state index contributed by atoms with van der Waals surface area (Å²) in [6.45, 7) is 0.508. The molecule has 1 amide bonds. The predicted molar refractivity (Wildman–Crippen MR) is 111 cm³/mol. The van der Waals surface area contributed by atoms with Gasteiger partial charge in [0.1, 0.15) is 12.4 Å². The molecule has 1 atom stereocenters. The molecule has 2 aromatic rings. The third kappa shape index (κ3) is 3.96. The lowest BCUT2D eigenvalue weighted by atomic mass is 9.77. The van der Waals surface area contributed by atoms with Crippen molar-refractivity contribution >= 4 is 11.7 Å². The van der Waals surface area contributed by atoms with E-state index in [1.165, 1.54) is 0 Å². The number of carbonyl (C=O) groups excluding carboxylic acids is 2. The van der Waals surface area contributed by atoms with Crippen molar-refractivity contribution < 1.29 is 14.3 Å². The van der Waals surface area contributed by atoms with Gasteiger partial charge < -0.3 is 4.74 Å². The van der Waals surface area contributed by atoms with Crippen LogP contribution in [0, 0.1) is 0 Å². The second-order valence-corrected chi connectivity index (χ2v) is 7.79. The second-order valence-electron chi connectivity index (χ2n) is 7.79. The molecule has 1 aliphatic carbocycles. The van der Waals surface area contributed by atoms with Gasteiger partial charge in [-0.1, -0.05) is 42.5 Å². The third-order valence-corrected chi connectivity index (χ3v) is 5.58. The van der Waals surface area contributed by atoms with E-state index in [9.17, 15) is 9.59 Å². The van der Waals surface area contributed by atoms with E-state index in [4.69, 9.17) is 4.74 Å². The van der Waals surface area contributed by atoms with Crippen LogP contribution in [-0.2, 0) is 16.2 Å². The van der Waals surface area contributed by atoms with Crippen LogP contribution in [0.15, 0.2) is 65.9 Å². The van der Waals surface area contributed by atoms with Gasteiger partial charge in [0.15, 0.2) is 5.78 Å². The van der Waals surface area contributed by atoms with E-state index >= 15 is 0 Å². The predicted octanol–water partition coefficient (Wildman–Crippen LogP) is 4.07. The van der Waals surface area contributed by atoms with Gasteiger partial charge in [-0.3, -0.25) is 9.59 Å². The Bertz CT molecular complexity index is 932. The summed E-state index contributed by atoms with van der Waals surface area (Å²) in [5.74, 6) is 0.807. The zero-order valence-corrected chi connectivity index (χ0v) is 16.9. The average Bonchev–Trinajstić information content (AvgIpc) is 2.72. The third-order valence-electron chi connectivity index (χ3n) is 5.58. The van der Waals surface area contributed by atoms with Crippen molar-refractivity contribution in [3.63, 3.8) is 0 Å². The minimum atomic E-state index is -0.176. The minimum absolute atomic E-state index is 0.0397. The Kier molecular flexibility index (Phi) is 5.49. The number of benzene rings is 2. The fraction of sp³-hybridized carbons (Fsp3) is 0.333. The molecule has 0 spiro atoms. The monoisotopic (exact) mass is 390 g/mol. The average molecular weight is 390 g/mol. The molecule has 0 radical (unpaired) electrons. The van der Waals surface area contributed by atoms with Crippen LogP contribution in [0.1, 0.15) is 42.7 Å². The van der Waals surface area contributed by atoms with Crippen LogP contribution in [0.4, 0.5) is 0 Å². The largest absolute Gasteiger partial charge is 0.489 e. The first-order valence-electron chi connectivity index (χ1n) is 10.1. The van der Waals surface area contributed by atoms with Crippen LogP contribution in [0.5, 0.6) is 5.75 Å². The van der Waals surface area contributed by atoms with Crippen molar-refractivity contribution in [2.45, 2.75) is 38.2 Å². The van der Waals surface area contributed by atoms with Crippen LogP contribution in [0.25, 0.3) is 0 Å². The Hall–Kier alpha value is -2.92. The Morgan fingerprint density at radius 2 is 1.72 bits per heavy atom. The highest BCUT2D eigenvalue weighted by Crippen LogP contribution is 2.42. The summed E-state index contributed by atoms with van der Waals surface area (Å²) in [7, 11) is 3.70. The highest BCUT2D eigenvalue weighted by Gasteiger charge is 2.39. The van der Waals surface area contributed by atoms with E-state index in [-0.39, 0.29) is 17.6 Å². The number of hydrazine groups is 1. The van der Waals surface area contributed by atoms with Gasteiger partial charge in [-0.05, 0) is 36.1 Å². The Morgan fingerprint density at radius 1 is 1.00 bits per heavy atom. The first-order chi connectivity index (χ1) is 14.0. The fourth-order valence-corrected chi connectivity index (χ4v) is 4.26. The molecule has 2 aromatic carbocycles. The van der Waals surface area contributed by atoms with Gasteiger partial charge in [0.05, 0.1) is 0 Å². The number of Topliss-reactive ketones (excluding diaryl/α,β-unsaturated/α-hetero) is 1. The number of amides is 1. The molecule has 0 N–H and O–H groups in total. The standard InChI is InChI=1S/C24H26N2O3/c1-25(2)26-21-9-6-10-22(27)24(21)20(15-23(26)28)18-11-13-19(14-12-18)29-16-17-7-4-3-5-8-17/h3-5,7-8,11-14,20H,6,9-10,15-16H2,1-2H3. The lowest BCUT2D eigenvalue weighted by molar-refractivity contribution is -0.143. The van der Waals surface area contributed by atoms with E-state index in [1.54, 1.807) is 10.0 Å². The van der Waals surface area contributed by atoms with Crippen LogP contribution in [0.2, 0.25) is 0 Å². The summed E-state index contributed by atoms with van der Waals surface area (Å²) in [4.78, 5) is 25.6. The summed E-state index contributed by atoms with van der Waals surface area (Å²) < 4.78 is 5.87. The second kappa shape index (κ2) is 8.21. The van der Waals surface area contributed by atoms with Crippen molar-refractivity contribution in [2.24, 2.45) is 0 Å². The Balaban J connectivity index is 1.58. The van der Waals surface area contributed by atoms with Gasteiger partial charge in [0.2, 0.25) is 5.91 Å². The van der Waals surface area contributed by atoms with Crippen LogP contribution >= 0.6 is 0 Å². The van der Waals surface area contributed by atoms with Gasteiger partial charge in [0.25, 0.3) is 0 Å². The van der Waals surface area contributed by atoms with E-state index in [0.717, 1.165) is 41.0 Å². The molecule has 1 unspecified atom stereocenters. The molecule has 0 bridgehead atoms. The van der Waals surface area contributed by atoms with Gasteiger partial charge in [-0.2, -0.15) is 0 Å². The molecule has 0 saturated carbocycles. The van der Waals surface area contributed by atoms with E-state index in [0.29, 0.717) is 19.4 Å². The zero-order chi connectivity index (χ0) is 20.4. The number of nitrogens with zero attached hydrogens (tertiary/aromatic N) is 2. The van der Waals surface area contributed by atoms with Crippen molar-refractivity contribution in [2.75, 3.05) is 14.1 Å². The molecule has 5 heteroatoms. The number of carbonyl (C=O) groups is 2. The van der Waals surface area contributed by atoms with Crippen molar-refractivity contribution in [1.82, 2.24) is 10.0 Å². The van der Waals surface area contributed by atoms with E-state index in [2.05, 4.69) is 0 Å². The molecule has 4 rings (SSSR count). The highest BCUT2D eigenvalue weighted by atomic mass is 16.5. The summed E-state index contributed by atoms with van der Waals surface area (Å²) in [6, 6.07) is 17.8. The smallest absolute Gasteiger partial charge is 0.242 e. The van der Waals surface area contributed by atoms with Crippen molar-refractivity contribution in [3.8, 4) is 5.75 Å². The summed E-state index contributed by atoms with van der Waals surface area (Å²) in [5.41, 5.74) is 3.78. The number of rotatable bonds is 5. The lowest BCUT2D eigenvalue weighted by Gasteiger charge is -2.41. The number of hydrogen-bond acceptors (Lipinski definition) is 4. The maximum atomic E-state index is 12.8. The molecule has 0 fully saturated rings. The van der Waals surface area contributed by atoms with E-state index < -0.39 is 0 Å².